The molecule has 1 fully saturated rings. The van der Waals surface area contributed by atoms with Crippen LogP contribution in [0.25, 0.3) is 0 Å². The van der Waals surface area contributed by atoms with Gasteiger partial charge in [0.2, 0.25) is 0 Å². The van der Waals surface area contributed by atoms with Gasteiger partial charge < -0.3 is 4.74 Å². The molecule has 2 nitrogen and oxygen atoms in total. The Labute approximate surface area is 91.0 Å². The second-order valence-corrected chi connectivity index (χ2v) is 5.26. The minimum Gasteiger partial charge on any atom is -0.461 e. The molecule has 0 amide bonds. The van der Waals surface area contributed by atoms with Crippen LogP contribution in [0.4, 0.5) is 0 Å². The first kappa shape index (κ1) is 11.8. The third-order valence-corrected chi connectivity index (χ3v) is 3.32. The van der Waals surface area contributed by atoms with E-state index in [1.807, 2.05) is 6.92 Å². The zero-order chi connectivity index (χ0) is 10.8. The van der Waals surface area contributed by atoms with E-state index in [0.717, 1.165) is 12.8 Å². The van der Waals surface area contributed by atoms with Gasteiger partial charge in [0.05, 0.1) is 0 Å². The number of carbonyl (C=O) groups excluding carboxylic acids is 1. The van der Waals surface area contributed by atoms with Crippen LogP contribution in [0.3, 0.4) is 0 Å². The van der Waals surface area contributed by atoms with E-state index in [1.165, 1.54) is 6.42 Å². The third kappa shape index (κ3) is 3.16. The summed E-state index contributed by atoms with van der Waals surface area (Å²) in [5.74, 6) is 0.168. The van der Waals surface area contributed by atoms with Crippen LogP contribution < -0.4 is 0 Å². The van der Waals surface area contributed by atoms with Crippen LogP contribution in [0.2, 0.25) is 0 Å². The van der Waals surface area contributed by atoms with Gasteiger partial charge in [-0.3, -0.25) is 4.79 Å². The molecular weight excluding hydrogens is 200 g/mol. The molecule has 0 radical (unpaired) electrons. The summed E-state index contributed by atoms with van der Waals surface area (Å²) in [4.78, 5) is 11.0. The minimum atomic E-state index is -0.302. The van der Waals surface area contributed by atoms with Crippen molar-refractivity contribution in [2.75, 3.05) is 5.88 Å². The largest absolute Gasteiger partial charge is 0.461 e. The van der Waals surface area contributed by atoms with Crippen LogP contribution >= 0.6 is 11.6 Å². The summed E-state index contributed by atoms with van der Waals surface area (Å²) >= 11 is 5.38. The van der Waals surface area contributed by atoms with Crippen molar-refractivity contribution < 1.29 is 9.53 Å². The van der Waals surface area contributed by atoms with Crippen molar-refractivity contribution in [2.45, 2.75) is 46.1 Å². The van der Waals surface area contributed by atoms with Gasteiger partial charge in [-0.1, -0.05) is 13.8 Å². The van der Waals surface area contributed by atoms with E-state index in [2.05, 4.69) is 13.8 Å². The molecule has 14 heavy (non-hydrogen) atoms. The molecule has 0 aromatic heterocycles. The van der Waals surface area contributed by atoms with Crippen LogP contribution in [0, 0.1) is 11.3 Å². The fourth-order valence-electron chi connectivity index (χ4n) is 2.23. The molecule has 0 spiro atoms. The smallest absolute Gasteiger partial charge is 0.321 e. The second kappa shape index (κ2) is 4.52. The number of hydrogen-bond donors (Lipinski definition) is 0. The molecule has 1 saturated carbocycles. The maximum atomic E-state index is 11.0. The van der Waals surface area contributed by atoms with Crippen molar-refractivity contribution in [3.63, 3.8) is 0 Å². The van der Waals surface area contributed by atoms with E-state index in [9.17, 15) is 4.79 Å². The third-order valence-electron chi connectivity index (χ3n) is 3.10. The Hall–Kier alpha value is -0.240. The van der Waals surface area contributed by atoms with Crippen LogP contribution in [-0.4, -0.2) is 18.0 Å². The first-order valence-corrected chi connectivity index (χ1v) is 5.73. The maximum Gasteiger partial charge on any atom is 0.321 e. The monoisotopic (exact) mass is 218 g/mol. The number of alkyl halides is 1. The highest BCUT2D eigenvalue weighted by molar-refractivity contribution is 6.26. The van der Waals surface area contributed by atoms with Gasteiger partial charge in [0, 0.05) is 0 Å². The second-order valence-electron chi connectivity index (χ2n) is 5.00. The molecule has 0 aromatic rings. The van der Waals surface area contributed by atoms with E-state index in [4.69, 9.17) is 16.3 Å². The highest BCUT2D eigenvalue weighted by Crippen LogP contribution is 2.42. The lowest BCUT2D eigenvalue weighted by atomic mass is 9.89. The first-order chi connectivity index (χ1) is 6.44. The quantitative estimate of drug-likeness (QED) is 0.538. The van der Waals surface area contributed by atoms with E-state index in [1.54, 1.807) is 0 Å². The lowest BCUT2D eigenvalue weighted by Gasteiger charge is -2.21. The Morgan fingerprint density at radius 2 is 2.29 bits per heavy atom. The zero-order valence-electron chi connectivity index (χ0n) is 9.18. The summed E-state index contributed by atoms with van der Waals surface area (Å²) in [7, 11) is 0. The predicted molar refractivity (Wildman–Crippen MR) is 57.4 cm³/mol. The molecule has 0 aromatic carbocycles. The van der Waals surface area contributed by atoms with E-state index in [0.29, 0.717) is 11.3 Å². The number of halogens is 1. The molecule has 1 aliphatic rings. The van der Waals surface area contributed by atoms with Gasteiger partial charge in [-0.25, -0.2) is 0 Å². The van der Waals surface area contributed by atoms with Crippen LogP contribution in [0.1, 0.15) is 40.0 Å². The molecule has 0 N–H and O–H groups in total. The van der Waals surface area contributed by atoms with E-state index < -0.39 is 0 Å². The number of rotatable bonds is 3. The fourth-order valence-corrected chi connectivity index (χ4v) is 2.29. The number of ether oxygens (including phenoxy) is 1. The number of carbonyl (C=O) groups is 1. The Kier molecular flexibility index (Phi) is 3.82. The predicted octanol–water partition coefficient (Wildman–Crippen LogP) is 2.98. The maximum absolute atomic E-state index is 11.0. The van der Waals surface area contributed by atoms with Crippen molar-refractivity contribution in [3.8, 4) is 0 Å². The van der Waals surface area contributed by atoms with E-state index >= 15 is 0 Å². The van der Waals surface area contributed by atoms with Gasteiger partial charge in [-0.05, 0) is 37.5 Å². The summed E-state index contributed by atoms with van der Waals surface area (Å²) in [5, 5.41) is 0. The fraction of sp³-hybridized carbons (Fsp3) is 0.909. The summed E-state index contributed by atoms with van der Waals surface area (Å²) in [6.07, 6.45) is 3.54. The summed E-state index contributed by atoms with van der Waals surface area (Å²) in [6.45, 7) is 6.50. The van der Waals surface area contributed by atoms with Crippen LogP contribution in [0.5, 0.6) is 0 Å². The molecule has 0 bridgehead atoms. The lowest BCUT2D eigenvalue weighted by molar-refractivity contribution is -0.147. The molecule has 0 aliphatic heterocycles. The number of hydrogen-bond acceptors (Lipinski definition) is 2. The SMILES string of the molecule is CC(OC(=O)CCl)C1CCC(C)(C)C1. The molecule has 2 atom stereocenters. The Morgan fingerprint density at radius 1 is 1.64 bits per heavy atom. The highest BCUT2D eigenvalue weighted by Gasteiger charge is 2.35. The normalized spacial score (nSPS) is 27.3. The average Bonchev–Trinajstić information content (AvgIpc) is 2.46. The van der Waals surface area contributed by atoms with Gasteiger partial charge in [-0.15, -0.1) is 11.6 Å². The Bertz CT molecular complexity index is 213. The van der Waals surface area contributed by atoms with Gasteiger partial charge in [0.15, 0.2) is 0 Å². The highest BCUT2D eigenvalue weighted by atomic mass is 35.5. The van der Waals surface area contributed by atoms with Crippen molar-refractivity contribution >= 4 is 17.6 Å². The Balaban J connectivity index is 2.39. The van der Waals surface area contributed by atoms with Crippen LogP contribution in [0.15, 0.2) is 0 Å². The van der Waals surface area contributed by atoms with E-state index in [-0.39, 0.29) is 18.0 Å². The number of esters is 1. The van der Waals surface area contributed by atoms with Crippen molar-refractivity contribution in [1.82, 2.24) is 0 Å². The average molecular weight is 219 g/mol. The van der Waals surface area contributed by atoms with Gasteiger partial charge in [0.1, 0.15) is 12.0 Å². The van der Waals surface area contributed by atoms with Gasteiger partial charge in [0.25, 0.3) is 0 Å². The zero-order valence-corrected chi connectivity index (χ0v) is 9.93. The van der Waals surface area contributed by atoms with Crippen molar-refractivity contribution in [1.29, 1.82) is 0 Å². The molecule has 2 unspecified atom stereocenters. The molecule has 82 valence electrons. The molecule has 1 aliphatic carbocycles. The topological polar surface area (TPSA) is 26.3 Å². The summed E-state index contributed by atoms with van der Waals surface area (Å²) in [6, 6.07) is 0. The van der Waals surface area contributed by atoms with Gasteiger partial charge in [-0.2, -0.15) is 0 Å². The van der Waals surface area contributed by atoms with Crippen molar-refractivity contribution in [3.05, 3.63) is 0 Å². The van der Waals surface area contributed by atoms with Gasteiger partial charge >= 0.3 is 5.97 Å². The standard InChI is InChI=1S/C11H19ClO2/c1-8(14-10(13)7-12)9-4-5-11(2,3)6-9/h8-9H,4-7H2,1-3H3. The summed E-state index contributed by atoms with van der Waals surface area (Å²) in [5.41, 5.74) is 0.409. The molecule has 0 heterocycles. The summed E-state index contributed by atoms with van der Waals surface area (Å²) < 4.78 is 5.21. The van der Waals surface area contributed by atoms with Crippen LogP contribution in [-0.2, 0) is 9.53 Å². The lowest BCUT2D eigenvalue weighted by Crippen LogP contribution is -2.23. The Morgan fingerprint density at radius 3 is 2.71 bits per heavy atom. The van der Waals surface area contributed by atoms with Crippen molar-refractivity contribution in [2.24, 2.45) is 11.3 Å². The minimum absolute atomic E-state index is 0.0167. The molecule has 3 heteroatoms. The molecule has 1 rings (SSSR count). The first-order valence-electron chi connectivity index (χ1n) is 5.20. The molecule has 0 saturated heterocycles. The molecular formula is C11H19ClO2.